The summed E-state index contributed by atoms with van der Waals surface area (Å²) in [6, 6.07) is 15.1. The van der Waals surface area contributed by atoms with E-state index in [1.807, 2.05) is 0 Å². The third-order valence-electron chi connectivity index (χ3n) is 4.23. The maximum Gasteiger partial charge on any atom is 1.00 e. The zero-order valence-corrected chi connectivity index (χ0v) is 23.9. The molecule has 4 rings (SSSR count). The molecular weight excluding hydrogens is 573 g/mol. The van der Waals surface area contributed by atoms with Crippen LogP contribution in [0, 0.1) is 11.6 Å². The van der Waals surface area contributed by atoms with Crippen molar-refractivity contribution in [2.75, 3.05) is 0 Å². The number of nitrogens with zero attached hydrogens (tertiary/aromatic N) is 2. The molecule has 0 amide bonds. The molecule has 2 aromatic carbocycles. The summed E-state index contributed by atoms with van der Waals surface area (Å²) in [6.45, 7) is 0. The molecule has 0 saturated heterocycles. The average Bonchev–Trinajstić information content (AvgIpc) is 2.90. The first-order valence-corrected chi connectivity index (χ1v) is 12.8. The second-order valence-corrected chi connectivity index (χ2v) is 9.83. The average molecular weight is 589 g/mol. The summed E-state index contributed by atoms with van der Waals surface area (Å²) in [6.07, 6.45) is 3.91. The Morgan fingerprint density at radius 3 is 1.71 bits per heavy atom. The Labute approximate surface area is 246 Å². The molecule has 1 atom stereocenters. The number of hydrogen-bond donors (Lipinski definition) is 0. The van der Waals surface area contributed by atoms with E-state index >= 15 is 0 Å². The van der Waals surface area contributed by atoms with Crippen molar-refractivity contribution in [3.05, 3.63) is 113 Å². The number of carbonyl (C=O) groups excluding carboxylic acids is 2. The van der Waals surface area contributed by atoms with E-state index in [2.05, 4.69) is 9.97 Å². The minimum Gasteiger partial charge on any atom is -0.768 e. The standard InChI is InChI=1S/C12H8FNO3S.C6H4ClNO.C6H5FO2S.Na/c13-10-3-5-11(6-4-10)18(16,17)12-9(8-15)2-1-7-14-12;7-6-5(4-9)2-1-3-8-6;7-5-1-3-6(4-2-5)10(8)9;/h1-8H;1-4H;1-4H,(H,8,9);/q;;;+1/p-1. The van der Waals surface area contributed by atoms with Crippen LogP contribution in [0.5, 0.6) is 0 Å². The molecule has 0 fully saturated rings. The fourth-order valence-corrected chi connectivity index (χ4v) is 4.34. The molecule has 0 aliphatic carbocycles. The van der Waals surface area contributed by atoms with E-state index in [9.17, 15) is 35.5 Å². The van der Waals surface area contributed by atoms with Gasteiger partial charge in [-0.1, -0.05) is 11.6 Å². The van der Waals surface area contributed by atoms with Gasteiger partial charge in [0.05, 0.1) is 16.0 Å². The van der Waals surface area contributed by atoms with Crippen LogP contribution in [-0.4, -0.2) is 39.7 Å². The van der Waals surface area contributed by atoms with Gasteiger partial charge in [0.2, 0.25) is 9.84 Å². The molecule has 0 N–H and O–H groups in total. The summed E-state index contributed by atoms with van der Waals surface area (Å²) in [4.78, 5) is 28.3. The first-order chi connectivity index (χ1) is 17.6. The Balaban J connectivity index is 0.000000307. The van der Waals surface area contributed by atoms with Gasteiger partial charge in [0, 0.05) is 17.3 Å². The van der Waals surface area contributed by atoms with Crippen LogP contribution in [0.4, 0.5) is 8.78 Å². The number of sulfone groups is 1. The molecule has 2 heterocycles. The number of hydrogen-bond acceptors (Lipinski definition) is 8. The SMILES string of the molecule is O=Cc1cccnc1Cl.O=Cc1cccnc1S(=O)(=O)c1ccc(F)cc1.O=S([O-])c1ccc(F)cc1.[Na+]. The van der Waals surface area contributed by atoms with Gasteiger partial charge in [0.25, 0.3) is 0 Å². The van der Waals surface area contributed by atoms with Crippen LogP contribution in [0.2, 0.25) is 5.15 Å². The van der Waals surface area contributed by atoms with Crippen molar-refractivity contribution in [1.82, 2.24) is 9.97 Å². The molecule has 0 spiro atoms. The number of pyridine rings is 2. The minimum atomic E-state index is -3.91. The van der Waals surface area contributed by atoms with Crippen molar-refractivity contribution >= 4 is 45.1 Å². The predicted molar refractivity (Wildman–Crippen MR) is 130 cm³/mol. The number of aromatic nitrogens is 2. The summed E-state index contributed by atoms with van der Waals surface area (Å²) in [5, 5.41) is -0.0703. The smallest absolute Gasteiger partial charge is 0.768 e. The van der Waals surface area contributed by atoms with E-state index < -0.39 is 32.6 Å². The van der Waals surface area contributed by atoms with Crippen LogP contribution in [0.3, 0.4) is 0 Å². The fraction of sp³-hybridized carbons (Fsp3) is 0. The van der Waals surface area contributed by atoms with Crippen molar-refractivity contribution in [3.63, 3.8) is 0 Å². The zero-order chi connectivity index (χ0) is 27.4. The largest absolute Gasteiger partial charge is 1.00 e. The van der Waals surface area contributed by atoms with E-state index in [0.29, 0.717) is 18.1 Å². The summed E-state index contributed by atoms with van der Waals surface area (Å²) in [7, 11) is -3.91. The van der Waals surface area contributed by atoms with Gasteiger partial charge in [0.1, 0.15) is 16.8 Å². The van der Waals surface area contributed by atoms with Crippen molar-refractivity contribution in [2.24, 2.45) is 0 Å². The fourth-order valence-electron chi connectivity index (χ4n) is 2.47. The van der Waals surface area contributed by atoms with Crippen molar-refractivity contribution in [3.8, 4) is 0 Å². The van der Waals surface area contributed by atoms with Crippen LogP contribution in [-0.2, 0) is 20.9 Å². The van der Waals surface area contributed by atoms with Gasteiger partial charge in [-0.05, 0) is 83.9 Å². The molecule has 8 nitrogen and oxygen atoms in total. The van der Waals surface area contributed by atoms with Gasteiger partial charge in [-0.15, -0.1) is 0 Å². The second-order valence-electron chi connectivity index (χ2n) is 6.66. The second kappa shape index (κ2) is 16.3. The van der Waals surface area contributed by atoms with Crippen LogP contribution < -0.4 is 29.6 Å². The third-order valence-corrected chi connectivity index (χ3v) is 6.94. The van der Waals surface area contributed by atoms with E-state index in [-0.39, 0.29) is 55.1 Å². The first kappa shape index (κ1) is 33.3. The maximum absolute atomic E-state index is 12.8. The van der Waals surface area contributed by atoms with Gasteiger partial charge < -0.3 is 4.55 Å². The Hall–Kier alpha value is -2.71. The molecule has 1 unspecified atom stereocenters. The predicted octanol–water partition coefficient (Wildman–Crippen LogP) is 1.48. The van der Waals surface area contributed by atoms with Gasteiger partial charge in [-0.2, -0.15) is 0 Å². The minimum absolute atomic E-state index is 0. The van der Waals surface area contributed by atoms with Crippen LogP contribution in [0.15, 0.2) is 100 Å². The maximum atomic E-state index is 12.8. The summed E-state index contributed by atoms with van der Waals surface area (Å²) in [5.41, 5.74) is 0.404. The van der Waals surface area contributed by atoms with Crippen LogP contribution in [0.1, 0.15) is 20.7 Å². The number of aldehydes is 2. The zero-order valence-electron chi connectivity index (χ0n) is 19.5. The molecule has 4 aromatic rings. The Morgan fingerprint density at radius 1 is 0.789 bits per heavy atom. The van der Waals surface area contributed by atoms with Gasteiger partial charge in [-0.3, -0.25) is 13.8 Å². The van der Waals surface area contributed by atoms with Gasteiger partial charge in [-0.25, -0.2) is 27.2 Å². The molecule has 0 saturated carbocycles. The molecular formula is C24H16ClF2N2NaO6S2. The van der Waals surface area contributed by atoms with E-state index in [1.54, 1.807) is 12.1 Å². The Morgan fingerprint density at radius 2 is 1.26 bits per heavy atom. The number of halogens is 3. The number of rotatable bonds is 5. The van der Waals surface area contributed by atoms with E-state index in [1.165, 1.54) is 36.7 Å². The molecule has 0 aliphatic rings. The molecule has 0 radical (unpaired) electrons. The monoisotopic (exact) mass is 588 g/mol. The van der Waals surface area contributed by atoms with Gasteiger partial charge in [0.15, 0.2) is 17.6 Å². The van der Waals surface area contributed by atoms with Crippen molar-refractivity contribution in [1.29, 1.82) is 0 Å². The topological polar surface area (TPSA) is 134 Å². The molecule has 192 valence electrons. The van der Waals surface area contributed by atoms with Crippen LogP contribution in [0.25, 0.3) is 0 Å². The van der Waals surface area contributed by atoms with Crippen LogP contribution >= 0.6 is 11.6 Å². The molecule has 0 bridgehead atoms. The first-order valence-electron chi connectivity index (χ1n) is 9.91. The van der Waals surface area contributed by atoms with E-state index in [4.69, 9.17) is 11.6 Å². The summed E-state index contributed by atoms with van der Waals surface area (Å²) < 4.78 is 69.6. The quantitative estimate of drug-likeness (QED) is 0.113. The Bertz CT molecular complexity index is 1490. The molecule has 2 aromatic heterocycles. The Kier molecular flexibility index (Phi) is 14.3. The summed E-state index contributed by atoms with van der Waals surface area (Å²) >= 11 is 3.23. The van der Waals surface area contributed by atoms with E-state index in [0.717, 1.165) is 36.4 Å². The molecule has 38 heavy (non-hydrogen) atoms. The number of benzene rings is 2. The van der Waals surface area contributed by atoms with Crippen molar-refractivity contribution < 1.29 is 65.1 Å². The summed E-state index contributed by atoms with van der Waals surface area (Å²) in [5.74, 6) is -0.972. The van der Waals surface area contributed by atoms with Gasteiger partial charge >= 0.3 is 29.6 Å². The molecule has 0 aliphatic heterocycles. The molecule has 14 heteroatoms. The third kappa shape index (κ3) is 9.87. The normalized spacial score (nSPS) is 10.8. The van der Waals surface area contributed by atoms with Crippen molar-refractivity contribution in [2.45, 2.75) is 14.8 Å². The number of carbonyl (C=O) groups is 2.